The third-order valence-electron chi connectivity index (χ3n) is 25.0. The second kappa shape index (κ2) is 29.9. The fourth-order valence-electron chi connectivity index (χ4n) is 18.2. The fourth-order valence-corrected chi connectivity index (χ4v) is 21.4. The maximum atomic E-state index is 13.9. The van der Waals surface area contributed by atoms with Crippen molar-refractivity contribution in [2.75, 3.05) is 62.3 Å². The summed E-state index contributed by atoms with van der Waals surface area (Å²) in [6.45, 7) is 20.2. The van der Waals surface area contributed by atoms with E-state index in [1.807, 2.05) is 77.6 Å². The van der Waals surface area contributed by atoms with Gasteiger partial charge in [0.15, 0.2) is 0 Å². The first-order valence-corrected chi connectivity index (χ1v) is 40.8. The Balaban J connectivity index is 0.000000198. The molecule has 3 amide bonds. The number of nitrogens with one attached hydrogen (secondary N) is 2. The molecule has 2 fully saturated rings. The number of anilines is 2. The van der Waals surface area contributed by atoms with Gasteiger partial charge in [-0.2, -0.15) is 0 Å². The van der Waals surface area contributed by atoms with E-state index in [1.54, 1.807) is 31.2 Å². The van der Waals surface area contributed by atoms with Crippen LogP contribution in [-0.2, 0) is 53.0 Å². The number of carbonyl (C=O) groups excluding carboxylic acids is 4. The van der Waals surface area contributed by atoms with Crippen molar-refractivity contribution in [1.29, 1.82) is 0 Å². The lowest BCUT2D eigenvalue weighted by Gasteiger charge is -2.50. The number of Topliss-reactive ketones (excluding diaryl/α,β-unsaturated/α-hetero) is 1. The van der Waals surface area contributed by atoms with E-state index in [1.165, 1.54) is 22.3 Å². The zero-order valence-electron chi connectivity index (χ0n) is 59.1. The number of ether oxygens (including phenoxy) is 2. The number of aliphatic hydroxyl groups is 2. The number of hydrogen-bond donors (Lipinski definition) is 4. The summed E-state index contributed by atoms with van der Waals surface area (Å²) in [5.74, 6) is 4.24. The number of sulfonamides is 1. The number of amides is 3. The number of hydrogen-bond acceptors (Lipinski definition) is 13. The van der Waals surface area contributed by atoms with Gasteiger partial charge < -0.3 is 34.4 Å². The largest absolute Gasteiger partial charge is 0.490 e. The van der Waals surface area contributed by atoms with Crippen molar-refractivity contribution in [3.05, 3.63) is 116 Å². The Morgan fingerprint density at radius 3 is 1.52 bits per heavy atom. The Morgan fingerprint density at radius 1 is 0.612 bits per heavy atom. The summed E-state index contributed by atoms with van der Waals surface area (Å²) in [6.07, 6.45) is 14.6. The van der Waals surface area contributed by atoms with E-state index in [0.717, 1.165) is 93.4 Å². The smallest absolute Gasteiger partial charge is 0.264 e. The zero-order chi connectivity index (χ0) is 70.3. The predicted molar refractivity (Wildman–Crippen MR) is 393 cm³/mol. The van der Waals surface area contributed by atoms with Crippen LogP contribution in [0, 0.1) is 41.4 Å². The molecule has 4 N–H and O–H groups in total. The first kappa shape index (κ1) is 73.8. The highest BCUT2D eigenvalue weighted by Gasteiger charge is 2.52. The standard InChI is InChI=1S/C39H54ClN3O5S.C39H53ClN2O6S/c1-6-42(7-2)36(44)22-39(46)19-8-10-26(3)27(4)49(5,47)41-37(45)29-13-17-35-34(21-29)43(23-30-12-15-33(30)39)24-38(25-48-35)18-9-11-28-20-31(40)14-16-32(28)38;1-5-27(6-2)35(43)21-39(45)18-7-9-25(3)26(4)49(46,47)41-37(44)29-12-16-36-34(20-29)42(22-30-11-14-33(30)39)23-38(24-48-36)17-8-10-28-19-31(40)13-15-32(28)38/h13-14,16-17,20-21,26-27,30,33,46H,5-12,15,18-19,22-25H2,1-4H3,(H,41,45,47);12-13,15-16,19-20,25-27,30,33,45H,5-11,14,17-18,21-24H2,1-4H3,(H,41,44)/t26-,27+,30-,33+,38-,39-,49?;25-,26+,30-,33+,38-,39+/m00/s1. The van der Waals surface area contributed by atoms with Crippen LogP contribution >= 0.6 is 23.2 Å². The molecule has 12 rings (SSSR count). The molecule has 4 aliphatic carbocycles. The molecule has 4 aliphatic heterocycles. The van der Waals surface area contributed by atoms with Crippen LogP contribution in [0.4, 0.5) is 11.4 Å². The molecule has 4 bridgehead atoms. The highest BCUT2D eigenvalue weighted by Crippen LogP contribution is 2.53. The van der Waals surface area contributed by atoms with Gasteiger partial charge in [-0.25, -0.2) is 17.3 Å². The summed E-state index contributed by atoms with van der Waals surface area (Å²) in [5.41, 5.74) is 4.27. The number of benzene rings is 4. The fraction of sp³-hybridized carbons (Fsp3) is 0.628. The monoisotopic (exact) mass is 1420 g/mol. The van der Waals surface area contributed by atoms with Crippen LogP contribution in [0.25, 0.3) is 0 Å². The number of halogens is 2. The third kappa shape index (κ3) is 15.2. The first-order valence-electron chi connectivity index (χ1n) is 36.7. The molecule has 536 valence electrons. The van der Waals surface area contributed by atoms with Gasteiger partial charge in [0.25, 0.3) is 11.8 Å². The lowest BCUT2D eigenvalue weighted by Crippen LogP contribution is -2.54. The second-order valence-corrected chi connectivity index (χ2v) is 36.2. The van der Waals surface area contributed by atoms with E-state index in [9.17, 15) is 42.0 Å². The Labute approximate surface area is 593 Å². The molecule has 0 saturated heterocycles. The predicted octanol–water partition coefficient (Wildman–Crippen LogP) is 13.6. The molecule has 2 saturated carbocycles. The number of fused-ring (bicyclic) bond motifs is 8. The van der Waals surface area contributed by atoms with Gasteiger partial charge in [-0.1, -0.05) is 75.9 Å². The van der Waals surface area contributed by atoms with E-state index < -0.39 is 48.0 Å². The van der Waals surface area contributed by atoms with Crippen molar-refractivity contribution in [3.8, 4) is 11.5 Å². The van der Waals surface area contributed by atoms with Crippen molar-refractivity contribution in [2.45, 2.75) is 216 Å². The van der Waals surface area contributed by atoms with Gasteiger partial charge in [0.05, 0.1) is 57.2 Å². The number of carbonyl (C=O) groups is 4. The van der Waals surface area contributed by atoms with Crippen molar-refractivity contribution >= 4 is 83.7 Å². The number of aryl methyl sites for hydroxylation is 2. The maximum Gasteiger partial charge on any atom is 0.264 e. The molecule has 4 aromatic carbocycles. The Hall–Kier alpha value is -5.37. The normalized spacial score (nSPS) is 32.4. The quantitative estimate of drug-likeness (QED) is 0.115. The number of nitrogens with zero attached hydrogens (tertiary/aromatic N) is 3. The van der Waals surface area contributed by atoms with Crippen LogP contribution < -0.4 is 28.7 Å². The summed E-state index contributed by atoms with van der Waals surface area (Å²) in [7, 11) is -6.97. The van der Waals surface area contributed by atoms with Crippen LogP contribution in [0.3, 0.4) is 0 Å². The second-order valence-electron chi connectivity index (χ2n) is 30.9. The van der Waals surface area contributed by atoms with Crippen LogP contribution in [-0.4, -0.2) is 131 Å². The lowest BCUT2D eigenvalue weighted by molar-refractivity contribution is -0.145. The van der Waals surface area contributed by atoms with Gasteiger partial charge in [0, 0.05) is 88.9 Å². The van der Waals surface area contributed by atoms with Gasteiger partial charge in [-0.3, -0.25) is 23.9 Å². The summed E-state index contributed by atoms with van der Waals surface area (Å²) >= 11 is 12.9. The summed E-state index contributed by atoms with van der Waals surface area (Å²) in [6, 6.07) is 23.0. The molecule has 2 spiro atoms. The molecule has 4 aromatic rings. The first-order chi connectivity index (χ1) is 46.6. The molecule has 0 radical (unpaired) electrons. The van der Waals surface area contributed by atoms with Gasteiger partial charge in [0.2, 0.25) is 15.9 Å². The van der Waals surface area contributed by atoms with Crippen LogP contribution in [0.5, 0.6) is 11.5 Å². The average molecular weight is 1430 g/mol. The SMILES string of the molecule is C=S1(=O)NC(=O)c2ccc3c(c2)N(C[C@@H]2CC[C@H]2[C@@](O)(CC(=O)N(CC)CC)CCC[C@H](C)[C@H]1C)C[C@@]1(CCCc2cc(Cl)ccc21)CO3.CCC(CC)C(=O)C[C@]1(O)CCC[C@H](C)[C@@H](C)S(=O)(=O)NC(=O)c2ccc3c(c2)N(C[C@@H]2CC[C@H]21)C[C@@]1(CCCc2cc(Cl)ccc21)CO3. The molecule has 20 heteroatoms. The van der Waals surface area contributed by atoms with Crippen molar-refractivity contribution in [3.63, 3.8) is 0 Å². The molecule has 4 heterocycles. The lowest BCUT2D eigenvalue weighted by atomic mass is 9.61. The van der Waals surface area contributed by atoms with Crippen molar-refractivity contribution in [1.82, 2.24) is 14.3 Å². The van der Waals surface area contributed by atoms with Crippen LogP contribution in [0.15, 0.2) is 72.8 Å². The van der Waals surface area contributed by atoms with Gasteiger partial charge in [0.1, 0.15) is 17.3 Å². The summed E-state index contributed by atoms with van der Waals surface area (Å²) in [4.78, 5) is 60.9. The molecule has 16 nitrogen and oxygen atoms in total. The average Bonchev–Trinajstić information content (AvgIpc) is 1.42. The minimum Gasteiger partial charge on any atom is -0.490 e. The van der Waals surface area contributed by atoms with Crippen molar-refractivity contribution in [2.24, 2.45) is 41.4 Å². The van der Waals surface area contributed by atoms with E-state index in [-0.39, 0.29) is 87.6 Å². The highest BCUT2D eigenvalue weighted by molar-refractivity contribution is 7.99. The minimum absolute atomic E-state index is 0.00736. The van der Waals surface area contributed by atoms with E-state index in [0.29, 0.717) is 113 Å². The van der Waals surface area contributed by atoms with Gasteiger partial charge in [-0.05, 0) is 255 Å². The molecular formula is C78H107Cl2N5O11S2. The maximum absolute atomic E-state index is 13.9. The Bertz CT molecular complexity index is 3600. The molecule has 1 unspecified atom stereocenters. The molecule has 98 heavy (non-hydrogen) atoms. The molecule has 8 aliphatic rings. The van der Waals surface area contributed by atoms with E-state index in [4.69, 9.17) is 32.7 Å². The molecule has 13 atom stereocenters. The molecule has 0 aromatic heterocycles. The summed E-state index contributed by atoms with van der Waals surface area (Å²) < 4.78 is 59.2. The zero-order valence-corrected chi connectivity index (χ0v) is 62.3. The van der Waals surface area contributed by atoms with Gasteiger partial charge >= 0.3 is 0 Å². The third-order valence-corrected chi connectivity index (χ3v) is 29.5. The van der Waals surface area contributed by atoms with Crippen molar-refractivity contribution < 1.29 is 51.5 Å². The van der Waals surface area contributed by atoms with E-state index in [2.05, 4.69) is 49.4 Å². The van der Waals surface area contributed by atoms with Crippen LogP contribution in [0.1, 0.15) is 214 Å². The number of rotatable bonds is 9. The molecular weight excluding hydrogens is 1320 g/mol. The number of ketones is 1. The summed E-state index contributed by atoms with van der Waals surface area (Å²) in [5, 5.41) is 25.3. The highest BCUT2D eigenvalue weighted by atomic mass is 35.5. The van der Waals surface area contributed by atoms with E-state index >= 15 is 0 Å². The van der Waals surface area contributed by atoms with Gasteiger partial charge in [-0.15, -0.1) is 0 Å². The van der Waals surface area contributed by atoms with Crippen LogP contribution in [0.2, 0.25) is 10.0 Å². The Morgan fingerprint density at radius 2 is 1.07 bits per heavy atom. The Kier molecular flexibility index (Phi) is 22.5. The minimum atomic E-state index is -3.98. The topological polar surface area (TPSA) is 212 Å².